The molecular formula is C23H27FN2O4S. The van der Waals surface area contributed by atoms with Crippen LogP contribution in [0.5, 0.6) is 5.75 Å². The molecule has 1 aliphatic rings. The lowest BCUT2D eigenvalue weighted by Gasteiger charge is -2.24. The quantitative estimate of drug-likeness (QED) is 0.590. The van der Waals surface area contributed by atoms with Crippen LogP contribution < -0.4 is 14.4 Å². The average Bonchev–Trinajstić information content (AvgIpc) is 2.78. The number of allylic oxidation sites excluding steroid dienone is 1. The van der Waals surface area contributed by atoms with E-state index in [0.717, 1.165) is 47.7 Å². The summed E-state index contributed by atoms with van der Waals surface area (Å²) in [6.45, 7) is 2.36. The summed E-state index contributed by atoms with van der Waals surface area (Å²) >= 11 is 0. The number of sulfonamides is 1. The third kappa shape index (κ3) is 6.07. The van der Waals surface area contributed by atoms with Gasteiger partial charge >= 0.3 is 0 Å². The fourth-order valence-electron chi connectivity index (χ4n) is 3.39. The lowest BCUT2D eigenvalue weighted by atomic mass is 10.00. The van der Waals surface area contributed by atoms with Crippen LogP contribution in [0.4, 0.5) is 10.1 Å². The Kier molecular flexibility index (Phi) is 7.68. The highest BCUT2D eigenvalue weighted by atomic mass is 32.2. The summed E-state index contributed by atoms with van der Waals surface area (Å²) < 4.78 is 46.3. The van der Waals surface area contributed by atoms with E-state index >= 15 is 0 Å². The summed E-state index contributed by atoms with van der Waals surface area (Å²) in [6, 6.07) is 11.0. The third-order valence-corrected chi connectivity index (χ3v) is 6.81. The first-order valence-corrected chi connectivity index (χ1v) is 11.8. The van der Waals surface area contributed by atoms with Gasteiger partial charge in [-0.15, -0.1) is 0 Å². The molecule has 0 saturated heterocycles. The molecule has 0 fully saturated rings. The highest BCUT2D eigenvalue weighted by molar-refractivity contribution is 7.92. The Labute approximate surface area is 182 Å². The summed E-state index contributed by atoms with van der Waals surface area (Å²) in [7, 11) is -4.08. The van der Waals surface area contributed by atoms with Crippen LogP contribution in [0.2, 0.25) is 0 Å². The SMILES string of the molecule is CCOc1ccc(N(CC(=O)NCC2=CCCCC2)S(=O)(=O)c2ccc(F)cc2)cc1. The molecule has 0 aliphatic heterocycles. The minimum atomic E-state index is -4.08. The molecule has 1 N–H and O–H groups in total. The molecule has 0 radical (unpaired) electrons. The number of rotatable bonds is 9. The van der Waals surface area contributed by atoms with Crippen LogP contribution in [0.25, 0.3) is 0 Å². The maximum Gasteiger partial charge on any atom is 0.264 e. The van der Waals surface area contributed by atoms with Crippen LogP contribution in [-0.2, 0) is 14.8 Å². The lowest BCUT2D eigenvalue weighted by molar-refractivity contribution is -0.119. The first kappa shape index (κ1) is 22.8. The van der Waals surface area contributed by atoms with E-state index in [9.17, 15) is 17.6 Å². The molecule has 2 aromatic rings. The third-order valence-electron chi connectivity index (χ3n) is 5.02. The molecule has 0 saturated carbocycles. The first-order valence-electron chi connectivity index (χ1n) is 10.4. The van der Waals surface area contributed by atoms with Gasteiger partial charge in [-0.05, 0) is 81.1 Å². The Morgan fingerprint density at radius 2 is 1.81 bits per heavy atom. The van der Waals surface area contributed by atoms with Crippen molar-refractivity contribution in [2.45, 2.75) is 37.5 Å². The average molecular weight is 447 g/mol. The number of nitrogens with zero attached hydrogens (tertiary/aromatic N) is 1. The van der Waals surface area contributed by atoms with Crippen LogP contribution in [-0.4, -0.2) is 34.0 Å². The van der Waals surface area contributed by atoms with E-state index in [2.05, 4.69) is 11.4 Å². The van der Waals surface area contributed by atoms with Gasteiger partial charge in [0.2, 0.25) is 5.91 Å². The normalized spacial score (nSPS) is 13.9. The fraction of sp³-hybridized carbons (Fsp3) is 0.348. The number of halogens is 1. The smallest absolute Gasteiger partial charge is 0.264 e. The van der Waals surface area contributed by atoms with Gasteiger partial charge in [0.15, 0.2) is 0 Å². The molecule has 1 aliphatic carbocycles. The number of anilines is 1. The fourth-order valence-corrected chi connectivity index (χ4v) is 4.81. The standard InChI is InChI=1S/C23H27FN2O4S/c1-2-30-21-12-10-20(11-13-21)26(31(28,29)22-14-8-19(24)9-15-22)17-23(27)25-16-18-6-4-3-5-7-18/h6,8-15H,2-5,7,16-17H2,1H3,(H,25,27). The van der Waals surface area contributed by atoms with Crippen LogP contribution in [0.15, 0.2) is 65.1 Å². The number of ether oxygens (including phenoxy) is 1. The summed E-state index contributed by atoms with van der Waals surface area (Å²) in [4.78, 5) is 12.5. The maximum absolute atomic E-state index is 13.3. The van der Waals surface area contributed by atoms with Crippen molar-refractivity contribution in [2.75, 3.05) is 24.0 Å². The van der Waals surface area contributed by atoms with Crippen LogP contribution in [0, 0.1) is 5.82 Å². The number of hydrogen-bond acceptors (Lipinski definition) is 4. The molecule has 0 unspecified atom stereocenters. The minimum absolute atomic E-state index is 0.0921. The second kappa shape index (κ2) is 10.4. The number of carbonyl (C=O) groups excluding carboxylic acids is 1. The molecule has 0 atom stereocenters. The van der Waals surface area contributed by atoms with Crippen molar-refractivity contribution < 1.29 is 22.3 Å². The van der Waals surface area contributed by atoms with E-state index in [-0.39, 0.29) is 11.4 Å². The van der Waals surface area contributed by atoms with E-state index in [1.807, 2.05) is 6.92 Å². The molecule has 6 nitrogen and oxygen atoms in total. The number of nitrogens with one attached hydrogen (secondary N) is 1. The van der Waals surface area contributed by atoms with E-state index in [0.29, 0.717) is 24.6 Å². The number of carbonyl (C=O) groups is 1. The van der Waals surface area contributed by atoms with Gasteiger partial charge in [0.05, 0.1) is 17.2 Å². The number of amides is 1. The highest BCUT2D eigenvalue weighted by Crippen LogP contribution is 2.26. The summed E-state index contributed by atoms with van der Waals surface area (Å²) in [5.74, 6) is -0.352. The molecule has 1 amide bonds. The summed E-state index contributed by atoms with van der Waals surface area (Å²) in [6.07, 6.45) is 6.32. The van der Waals surface area contributed by atoms with E-state index in [1.165, 1.54) is 12.1 Å². The van der Waals surface area contributed by atoms with E-state index < -0.39 is 21.7 Å². The van der Waals surface area contributed by atoms with Crippen molar-refractivity contribution in [3.8, 4) is 5.75 Å². The molecule has 2 aromatic carbocycles. The largest absolute Gasteiger partial charge is 0.494 e. The van der Waals surface area contributed by atoms with E-state index in [4.69, 9.17) is 4.74 Å². The Morgan fingerprint density at radius 1 is 1.10 bits per heavy atom. The van der Waals surface area contributed by atoms with Gasteiger partial charge in [0, 0.05) is 6.54 Å². The van der Waals surface area contributed by atoms with Gasteiger partial charge in [-0.3, -0.25) is 9.10 Å². The molecule has 3 rings (SSSR count). The van der Waals surface area contributed by atoms with Gasteiger partial charge < -0.3 is 10.1 Å². The van der Waals surface area contributed by atoms with Crippen molar-refractivity contribution in [1.82, 2.24) is 5.32 Å². The zero-order valence-electron chi connectivity index (χ0n) is 17.5. The Hall–Kier alpha value is -2.87. The maximum atomic E-state index is 13.3. The molecule has 0 aromatic heterocycles. The van der Waals surface area contributed by atoms with Gasteiger partial charge in [0.25, 0.3) is 10.0 Å². The predicted octanol–water partition coefficient (Wildman–Crippen LogP) is 4.04. The van der Waals surface area contributed by atoms with Crippen LogP contribution in [0.1, 0.15) is 32.6 Å². The topological polar surface area (TPSA) is 75.7 Å². The lowest BCUT2D eigenvalue weighted by Crippen LogP contribution is -2.41. The predicted molar refractivity (Wildman–Crippen MR) is 118 cm³/mol. The van der Waals surface area contributed by atoms with Crippen LogP contribution >= 0.6 is 0 Å². The summed E-state index contributed by atoms with van der Waals surface area (Å²) in [5, 5.41) is 2.82. The molecule has 166 valence electrons. The number of hydrogen-bond donors (Lipinski definition) is 1. The van der Waals surface area contributed by atoms with Crippen molar-refractivity contribution in [3.05, 3.63) is 66.0 Å². The van der Waals surface area contributed by atoms with E-state index in [1.54, 1.807) is 24.3 Å². The molecule has 0 heterocycles. The van der Waals surface area contributed by atoms with Crippen molar-refractivity contribution in [3.63, 3.8) is 0 Å². The minimum Gasteiger partial charge on any atom is -0.494 e. The molecule has 31 heavy (non-hydrogen) atoms. The zero-order chi connectivity index (χ0) is 22.3. The van der Waals surface area contributed by atoms with Gasteiger partial charge in [-0.2, -0.15) is 0 Å². The monoisotopic (exact) mass is 446 g/mol. The van der Waals surface area contributed by atoms with Crippen molar-refractivity contribution in [1.29, 1.82) is 0 Å². The Balaban J connectivity index is 1.83. The second-order valence-corrected chi connectivity index (χ2v) is 9.14. The van der Waals surface area contributed by atoms with Crippen molar-refractivity contribution >= 4 is 21.6 Å². The molecular weight excluding hydrogens is 419 g/mol. The summed E-state index contributed by atoms with van der Waals surface area (Å²) in [5.41, 5.74) is 1.48. The Bertz CT molecular complexity index is 1020. The van der Waals surface area contributed by atoms with Gasteiger partial charge in [-0.1, -0.05) is 11.6 Å². The second-order valence-electron chi connectivity index (χ2n) is 7.28. The number of benzene rings is 2. The molecule has 0 spiro atoms. The first-order chi connectivity index (χ1) is 14.9. The van der Waals surface area contributed by atoms with Crippen LogP contribution in [0.3, 0.4) is 0 Å². The zero-order valence-corrected chi connectivity index (χ0v) is 18.3. The molecule has 8 heteroatoms. The van der Waals surface area contributed by atoms with Crippen molar-refractivity contribution in [2.24, 2.45) is 0 Å². The molecule has 0 bridgehead atoms. The highest BCUT2D eigenvalue weighted by Gasteiger charge is 2.27. The Morgan fingerprint density at radius 3 is 2.42 bits per heavy atom. The van der Waals surface area contributed by atoms with Gasteiger partial charge in [-0.25, -0.2) is 12.8 Å². The van der Waals surface area contributed by atoms with Gasteiger partial charge in [0.1, 0.15) is 18.1 Å².